The first kappa shape index (κ1) is 20.1. The van der Waals surface area contributed by atoms with Crippen molar-refractivity contribution in [3.8, 4) is 5.75 Å². The van der Waals surface area contributed by atoms with Crippen LogP contribution in [0.5, 0.6) is 5.75 Å². The van der Waals surface area contributed by atoms with Crippen molar-refractivity contribution in [2.45, 2.75) is 50.1 Å². The first-order valence-corrected chi connectivity index (χ1v) is 10.5. The van der Waals surface area contributed by atoms with E-state index in [1.54, 1.807) is 18.2 Å². The zero-order chi connectivity index (χ0) is 21.7. The van der Waals surface area contributed by atoms with Gasteiger partial charge in [-0.1, -0.05) is 11.6 Å². The average molecular weight is 448 g/mol. The number of alkyl halides is 2. The molecular weight excluding hydrogens is 428 g/mol. The molecule has 3 aromatic rings. The number of nitrogens with zero attached hydrogens (tertiary/aromatic N) is 5. The molecule has 2 saturated heterocycles. The van der Waals surface area contributed by atoms with E-state index in [1.807, 2.05) is 4.90 Å². The maximum atomic E-state index is 13.5. The zero-order valence-corrected chi connectivity index (χ0v) is 17.5. The Labute approximate surface area is 182 Å². The van der Waals surface area contributed by atoms with Crippen LogP contribution in [0.2, 0.25) is 5.02 Å². The van der Waals surface area contributed by atoms with Crippen LogP contribution >= 0.6 is 11.6 Å². The minimum atomic E-state index is -2.71. The van der Waals surface area contributed by atoms with Crippen LogP contribution < -0.4 is 4.74 Å². The van der Waals surface area contributed by atoms with E-state index in [-0.39, 0.29) is 35.4 Å². The highest BCUT2D eigenvalue weighted by Crippen LogP contribution is 2.45. The molecule has 10 heteroatoms. The summed E-state index contributed by atoms with van der Waals surface area (Å²) in [6.07, 6.45) is 1.85. The lowest BCUT2D eigenvalue weighted by molar-refractivity contribution is 0.0553. The molecule has 162 valence electrons. The van der Waals surface area contributed by atoms with Gasteiger partial charge in [-0.05, 0) is 49.9 Å². The standard InChI is InChI=1S/C21H20ClF2N5O2/c1-31-18-7-2-11(8-14(18)22)20(30)28-12-3-5-13(16(28)6-4-12)17-9-15(19(23)24)27-21-25-10-26-29(17)21/h2,7-10,12-13,16,19H,3-6H2,1H3/t12-,13-,16-/m0/s1. The van der Waals surface area contributed by atoms with E-state index in [4.69, 9.17) is 16.3 Å². The maximum absolute atomic E-state index is 13.5. The molecule has 2 bridgehead atoms. The first-order chi connectivity index (χ1) is 15.0. The van der Waals surface area contributed by atoms with E-state index >= 15 is 0 Å². The summed E-state index contributed by atoms with van der Waals surface area (Å²) in [6.45, 7) is 0. The summed E-state index contributed by atoms with van der Waals surface area (Å²) < 4.78 is 33.6. The number of amides is 1. The number of hydrogen-bond acceptors (Lipinski definition) is 5. The topological polar surface area (TPSA) is 72.6 Å². The molecule has 2 aromatic heterocycles. The van der Waals surface area contributed by atoms with E-state index in [2.05, 4.69) is 15.1 Å². The number of rotatable bonds is 4. The summed E-state index contributed by atoms with van der Waals surface area (Å²) in [7, 11) is 1.52. The number of carbonyl (C=O) groups excluding carboxylic acids is 1. The second kappa shape index (κ2) is 7.71. The van der Waals surface area contributed by atoms with Crippen LogP contribution in [0.3, 0.4) is 0 Å². The summed E-state index contributed by atoms with van der Waals surface area (Å²) in [5, 5.41) is 4.57. The number of ether oxygens (including phenoxy) is 1. The summed E-state index contributed by atoms with van der Waals surface area (Å²) in [6, 6.07) is 6.40. The molecule has 0 N–H and O–H groups in total. The Hall–Kier alpha value is -2.81. The predicted molar refractivity (Wildman–Crippen MR) is 109 cm³/mol. The Morgan fingerprint density at radius 1 is 1.23 bits per heavy atom. The van der Waals surface area contributed by atoms with Crippen LogP contribution in [-0.2, 0) is 0 Å². The van der Waals surface area contributed by atoms with Gasteiger partial charge in [0.25, 0.3) is 18.1 Å². The average Bonchev–Trinajstić information content (AvgIpc) is 3.35. The van der Waals surface area contributed by atoms with Crippen molar-refractivity contribution in [2.24, 2.45) is 0 Å². The quantitative estimate of drug-likeness (QED) is 0.597. The van der Waals surface area contributed by atoms with Gasteiger partial charge in [-0.15, -0.1) is 0 Å². The van der Waals surface area contributed by atoms with Gasteiger partial charge >= 0.3 is 0 Å². The highest BCUT2D eigenvalue weighted by molar-refractivity contribution is 6.32. The number of halogens is 3. The molecule has 0 unspecified atom stereocenters. The molecule has 0 aliphatic carbocycles. The Balaban J connectivity index is 1.52. The van der Waals surface area contributed by atoms with Crippen LogP contribution in [0.4, 0.5) is 8.78 Å². The Bertz CT molecular complexity index is 1150. The van der Waals surface area contributed by atoms with Gasteiger partial charge in [0.15, 0.2) is 0 Å². The zero-order valence-electron chi connectivity index (χ0n) is 16.7. The third-order valence-electron chi connectivity index (χ3n) is 6.36. The van der Waals surface area contributed by atoms with E-state index in [9.17, 15) is 13.6 Å². The molecule has 2 aliphatic heterocycles. The number of benzene rings is 1. The lowest BCUT2D eigenvalue weighted by Crippen LogP contribution is -2.47. The fourth-order valence-electron chi connectivity index (χ4n) is 4.99. The molecule has 2 aliphatic rings. The van der Waals surface area contributed by atoms with Crippen molar-refractivity contribution < 1.29 is 18.3 Å². The van der Waals surface area contributed by atoms with Gasteiger partial charge in [0.1, 0.15) is 17.8 Å². The van der Waals surface area contributed by atoms with E-state index in [0.717, 1.165) is 25.7 Å². The number of hydrogen-bond donors (Lipinski definition) is 0. The fraction of sp³-hybridized carbons (Fsp3) is 0.429. The molecular formula is C21H20ClF2N5O2. The van der Waals surface area contributed by atoms with Gasteiger partial charge in [-0.3, -0.25) is 4.79 Å². The number of piperidine rings is 1. The molecule has 3 atom stereocenters. The number of fused-ring (bicyclic) bond motifs is 3. The van der Waals surface area contributed by atoms with Crippen molar-refractivity contribution in [3.05, 3.63) is 52.6 Å². The molecule has 5 rings (SSSR count). The molecule has 0 saturated carbocycles. The second-order valence-electron chi connectivity index (χ2n) is 7.92. The van der Waals surface area contributed by atoms with Crippen LogP contribution in [0.25, 0.3) is 5.78 Å². The van der Waals surface area contributed by atoms with Gasteiger partial charge in [0.05, 0.1) is 17.8 Å². The fourth-order valence-corrected chi connectivity index (χ4v) is 5.25. The molecule has 1 amide bonds. The van der Waals surface area contributed by atoms with Crippen LogP contribution in [-0.4, -0.2) is 49.6 Å². The Kier molecular flexibility index (Phi) is 5.00. The van der Waals surface area contributed by atoms with Crippen LogP contribution in [0, 0.1) is 0 Å². The molecule has 0 spiro atoms. The first-order valence-electron chi connectivity index (χ1n) is 10.1. The van der Waals surface area contributed by atoms with Crippen molar-refractivity contribution in [3.63, 3.8) is 0 Å². The van der Waals surface area contributed by atoms with Gasteiger partial charge in [-0.25, -0.2) is 18.3 Å². The molecule has 4 heterocycles. The number of aromatic nitrogens is 4. The van der Waals surface area contributed by atoms with E-state index in [1.165, 1.54) is 24.0 Å². The highest BCUT2D eigenvalue weighted by atomic mass is 35.5. The normalized spacial score (nSPS) is 23.0. The summed E-state index contributed by atoms with van der Waals surface area (Å²) in [5.74, 6) is 0.399. The highest BCUT2D eigenvalue weighted by Gasteiger charge is 2.46. The molecule has 0 radical (unpaired) electrons. The van der Waals surface area contributed by atoms with Gasteiger partial charge in [0.2, 0.25) is 0 Å². The lowest BCUT2D eigenvalue weighted by Gasteiger charge is -2.40. The Morgan fingerprint density at radius 3 is 2.77 bits per heavy atom. The summed E-state index contributed by atoms with van der Waals surface area (Å²) in [4.78, 5) is 23.3. The second-order valence-corrected chi connectivity index (χ2v) is 8.33. The smallest absolute Gasteiger partial charge is 0.280 e. The van der Waals surface area contributed by atoms with E-state index < -0.39 is 6.43 Å². The third kappa shape index (κ3) is 3.31. The van der Waals surface area contributed by atoms with E-state index in [0.29, 0.717) is 22.0 Å². The van der Waals surface area contributed by atoms with Crippen molar-refractivity contribution >= 4 is 23.3 Å². The largest absolute Gasteiger partial charge is 0.495 e. The van der Waals surface area contributed by atoms with Crippen molar-refractivity contribution in [1.29, 1.82) is 0 Å². The molecule has 7 nitrogen and oxygen atoms in total. The van der Waals surface area contributed by atoms with Crippen LogP contribution in [0.15, 0.2) is 30.6 Å². The lowest BCUT2D eigenvalue weighted by atomic mass is 9.86. The summed E-state index contributed by atoms with van der Waals surface area (Å²) >= 11 is 6.23. The monoisotopic (exact) mass is 447 g/mol. The minimum Gasteiger partial charge on any atom is -0.495 e. The summed E-state index contributed by atoms with van der Waals surface area (Å²) in [5.41, 5.74) is 0.779. The Morgan fingerprint density at radius 2 is 2.03 bits per heavy atom. The van der Waals surface area contributed by atoms with Gasteiger partial charge in [-0.2, -0.15) is 10.1 Å². The van der Waals surface area contributed by atoms with Gasteiger partial charge in [0, 0.05) is 23.6 Å². The number of methoxy groups -OCH3 is 1. The van der Waals surface area contributed by atoms with Crippen molar-refractivity contribution in [2.75, 3.05) is 7.11 Å². The molecule has 2 fully saturated rings. The van der Waals surface area contributed by atoms with Crippen LogP contribution in [0.1, 0.15) is 59.8 Å². The SMILES string of the molecule is COc1ccc(C(=O)N2[C@H]3CC[C@H](c4cc(C(F)F)nc5ncnn45)[C@@H]2CC3)cc1Cl. The van der Waals surface area contributed by atoms with Crippen molar-refractivity contribution in [1.82, 2.24) is 24.5 Å². The molecule has 31 heavy (non-hydrogen) atoms. The van der Waals surface area contributed by atoms with Gasteiger partial charge < -0.3 is 9.64 Å². The molecule has 1 aromatic carbocycles. The predicted octanol–water partition coefficient (Wildman–Crippen LogP) is 4.27. The maximum Gasteiger partial charge on any atom is 0.280 e. The third-order valence-corrected chi connectivity index (χ3v) is 6.65. The number of carbonyl (C=O) groups is 1. The minimum absolute atomic E-state index is 0.111.